The molecule has 1 unspecified atom stereocenters. The molecule has 2 N–H and O–H groups in total. The van der Waals surface area contributed by atoms with Crippen LogP contribution in [0.2, 0.25) is 0 Å². The highest BCUT2D eigenvalue weighted by Gasteiger charge is 2.39. The normalized spacial score (nSPS) is 20.5. The van der Waals surface area contributed by atoms with Crippen LogP contribution in [-0.4, -0.2) is 59.4 Å². The Bertz CT molecular complexity index is 675. The highest BCUT2D eigenvalue weighted by atomic mass is 16.5. The van der Waals surface area contributed by atoms with E-state index in [-0.39, 0.29) is 11.8 Å². The van der Waals surface area contributed by atoms with Crippen molar-refractivity contribution in [1.29, 1.82) is 0 Å². The van der Waals surface area contributed by atoms with Gasteiger partial charge in [-0.05, 0) is 43.9 Å². The molecule has 154 valence electrons. The number of hydrogen-bond donors (Lipinski definition) is 1. The van der Waals surface area contributed by atoms with Crippen molar-refractivity contribution in [3.8, 4) is 5.75 Å². The molecule has 0 aromatic heterocycles. The minimum atomic E-state index is -0.703. The summed E-state index contributed by atoms with van der Waals surface area (Å²) in [6.07, 6.45) is 5.17. The highest BCUT2D eigenvalue weighted by molar-refractivity contribution is 5.87. The molecule has 3 rings (SSSR count). The molecule has 2 amide bonds. The first-order chi connectivity index (χ1) is 13.4. The number of hydrogen-bond acceptors (Lipinski definition) is 4. The summed E-state index contributed by atoms with van der Waals surface area (Å²) in [5.41, 5.74) is 6.93. The second-order valence-corrected chi connectivity index (χ2v) is 8.09. The van der Waals surface area contributed by atoms with E-state index in [1.165, 1.54) is 5.56 Å². The Morgan fingerprint density at radius 3 is 2.18 bits per heavy atom. The zero-order valence-electron chi connectivity index (χ0n) is 17.2. The summed E-state index contributed by atoms with van der Waals surface area (Å²) in [5, 5.41) is 0. The van der Waals surface area contributed by atoms with Gasteiger partial charge >= 0.3 is 0 Å². The molecule has 0 spiro atoms. The minimum Gasteiger partial charge on any atom is -0.481 e. The van der Waals surface area contributed by atoms with Gasteiger partial charge in [-0.2, -0.15) is 0 Å². The maximum Gasteiger partial charge on any atom is 0.263 e. The number of aryl methyl sites for hydroxylation is 1. The first-order valence-corrected chi connectivity index (χ1v) is 10.6. The minimum absolute atomic E-state index is 0.0354. The predicted molar refractivity (Wildman–Crippen MR) is 109 cm³/mol. The molecule has 6 nitrogen and oxygen atoms in total. The van der Waals surface area contributed by atoms with E-state index >= 15 is 0 Å². The molecule has 1 aromatic carbocycles. The Morgan fingerprint density at radius 2 is 1.61 bits per heavy atom. The fourth-order valence-corrected chi connectivity index (χ4v) is 4.16. The molecule has 0 bridgehead atoms. The van der Waals surface area contributed by atoms with Crippen molar-refractivity contribution in [1.82, 2.24) is 9.80 Å². The lowest BCUT2D eigenvalue weighted by molar-refractivity contribution is -0.146. The van der Waals surface area contributed by atoms with Crippen molar-refractivity contribution >= 4 is 11.8 Å². The lowest BCUT2D eigenvalue weighted by Gasteiger charge is -2.41. The average Bonchev–Trinajstić information content (AvgIpc) is 2.74. The third-order valence-electron chi connectivity index (χ3n) is 6.04. The number of piperazine rings is 1. The molecular formula is C22H33N3O3. The Labute approximate surface area is 168 Å². The van der Waals surface area contributed by atoms with Gasteiger partial charge in [0.2, 0.25) is 5.91 Å². The lowest BCUT2D eigenvalue weighted by atomic mass is 9.81. The maximum atomic E-state index is 12.9. The molecule has 1 saturated carbocycles. The van der Waals surface area contributed by atoms with E-state index < -0.39 is 11.6 Å². The number of carbonyl (C=O) groups is 2. The van der Waals surface area contributed by atoms with Crippen LogP contribution in [0.4, 0.5) is 0 Å². The molecule has 0 radical (unpaired) electrons. The maximum absolute atomic E-state index is 12.9. The van der Waals surface area contributed by atoms with Crippen molar-refractivity contribution < 1.29 is 14.3 Å². The van der Waals surface area contributed by atoms with E-state index in [1.54, 1.807) is 11.8 Å². The van der Waals surface area contributed by atoms with Gasteiger partial charge in [0, 0.05) is 26.2 Å². The Hall–Kier alpha value is -2.08. The molecule has 1 aliphatic carbocycles. The zero-order chi connectivity index (χ0) is 20.1. The van der Waals surface area contributed by atoms with E-state index in [2.05, 4.69) is 6.92 Å². The van der Waals surface area contributed by atoms with Crippen LogP contribution in [0.5, 0.6) is 5.75 Å². The van der Waals surface area contributed by atoms with Gasteiger partial charge in [-0.25, -0.2) is 0 Å². The summed E-state index contributed by atoms with van der Waals surface area (Å²) in [6.45, 7) is 6.03. The zero-order valence-corrected chi connectivity index (χ0v) is 17.2. The van der Waals surface area contributed by atoms with Crippen LogP contribution >= 0.6 is 0 Å². The van der Waals surface area contributed by atoms with Gasteiger partial charge in [-0.1, -0.05) is 38.3 Å². The number of amides is 2. The van der Waals surface area contributed by atoms with E-state index in [1.807, 2.05) is 29.2 Å². The van der Waals surface area contributed by atoms with Gasteiger partial charge in [0.05, 0.1) is 5.54 Å². The van der Waals surface area contributed by atoms with Crippen LogP contribution in [0, 0.1) is 0 Å². The van der Waals surface area contributed by atoms with Crippen LogP contribution in [0.15, 0.2) is 24.3 Å². The summed E-state index contributed by atoms with van der Waals surface area (Å²) >= 11 is 0. The Morgan fingerprint density at radius 1 is 1.04 bits per heavy atom. The summed E-state index contributed by atoms with van der Waals surface area (Å²) in [5.74, 6) is 0.723. The second-order valence-electron chi connectivity index (χ2n) is 8.09. The van der Waals surface area contributed by atoms with Crippen molar-refractivity contribution in [2.24, 2.45) is 5.73 Å². The number of carbonyl (C=O) groups excluding carboxylic acids is 2. The fourth-order valence-electron chi connectivity index (χ4n) is 4.16. The van der Waals surface area contributed by atoms with Crippen LogP contribution < -0.4 is 10.5 Å². The molecule has 1 heterocycles. The third-order valence-corrected chi connectivity index (χ3v) is 6.04. The fraction of sp³-hybridized carbons (Fsp3) is 0.636. The molecule has 6 heteroatoms. The molecule has 1 aliphatic heterocycles. The number of nitrogens with zero attached hydrogens (tertiary/aromatic N) is 2. The topological polar surface area (TPSA) is 75.9 Å². The first kappa shape index (κ1) is 20.6. The van der Waals surface area contributed by atoms with E-state index in [4.69, 9.17) is 10.5 Å². The number of ether oxygens (including phenoxy) is 1. The van der Waals surface area contributed by atoms with Crippen molar-refractivity contribution in [3.63, 3.8) is 0 Å². The van der Waals surface area contributed by atoms with Crippen molar-refractivity contribution in [2.75, 3.05) is 26.2 Å². The summed E-state index contributed by atoms with van der Waals surface area (Å²) < 4.78 is 5.82. The summed E-state index contributed by atoms with van der Waals surface area (Å²) in [4.78, 5) is 29.2. The van der Waals surface area contributed by atoms with Gasteiger partial charge < -0.3 is 20.3 Å². The number of benzene rings is 1. The van der Waals surface area contributed by atoms with Gasteiger partial charge in [-0.15, -0.1) is 0 Å². The van der Waals surface area contributed by atoms with Gasteiger partial charge in [0.15, 0.2) is 6.10 Å². The quantitative estimate of drug-likeness (QED) is 0.841. The largest absolute Gasteiger partial charge is 0.481 e. The SMILES string of the molecule is CCc1ccc(OC(C)C(=O)N2CCN(C(=O)C3(N)CCCCC3)CC2)cc1. The van der Waals surface area contributed by atoms with Gasteiger partial charge in [0.25, 0.3) is 5.91 Å². The number of nitrogens with two attached hydrogens (primary N) is 1. The molecule has 2 aliphatic rings. The molecular weight excluding hydrogens is 354 g/mol. The smallest absolute Gasteiger partial charge is 0.263 e. The van der Waals surface area contributed by atoms with E-state index in [0.29, 0.717) is 31.9 Å². The monoisotopic (exact) mass is 387 g/mol. The van der Waals surface area contributed by atoms with Gasteiger partial charge in [0.1, 0.15) is 5.75 Å². The molecule has 1 atom stereocenters. The predicted octanol–water partition coefficient (Wildman–Crippen LogP) is 2.35. The highest BCUT2D eigenvalue weighted by Crippen LogP contribution is 2.28. The molecule has 1 saturated heterocycles. The van der Waals surface area contributed by atoms with E-state index in [9.17, 15) is 9.59 Å². The van der Waals surface area contributed by atoms with Gasteiger partial charge in [-0.3, -0.25) is 9.59 Å². The van der Waals surface area contributed by atoms with E-state index in [0.717, 1.165) is 38.5 Å². The molecule has 2 fully saturated rings. The standard InChI is InChI=1S/C22H33N3O3/c1-3-18-7-9-19(10-8-18)28-17(2)20(26)24-13-15-25(16-14-24)21(27)22(23)11-5-4-6-12-22/h7-10,17H,3-6,11-16,23H2,1-2H3. The second kappa shape index (κ2) is 8.95. The van der Waals surface area contributed by atoms with Crippen LogP contribution in [0.1, 0.15) is 51.5 Å². The van der Waals surface area contributed by atoms with Crippen molar-refractivity contribution in [3.05, 3.63) is 29.8 Å². The lowest BCUT2D eigenvalue weighted by Crippen LogP contribution is -2.61. The molecule has 1 aromatic rings. The summed E-state index contributed by atoms with van der Waals surface area (Å²) in [6, 6.07) is 7.85. The average molecular weight is 388 g/mol. The Balaban J connectivity index is 1.50. The van der Waals surface area contributed by atoms with Crippen LogP contribution in [0.3, 0.4) is 0 Å². The van der Waals surface area contributed by atoms with Crippen molar-refractivity contribution in [2.45, 2.75) is 64.0 Å². The number of rotatable bonds is 5. The molecule has 28 heavy (non-hydrogen) atoms. The van der Waals surface area contributed by atoms with Crippen LogP contribution in [-0.2, 0) is 16.0 Å². The van der Waals surface area contributed by atoms with Crippen LogP contribution in [0.25, 0.3) is 0 Å². The Kier molecular flexibility index (Phi) is 6.60. The third kappa shape index (κ3) is 4.66. The summed E-state index contributed by atoms with van der Waals surface area (Å²) in [7, 11) is 0. The first-order valence-electron chi connectivity index (χ1n) is 10.6.